The first-order valence-corrected chi connectivity index (χ1v) is 8.94. The number of nitrogens with one attached hydrogen (secondary N) is 1. The second-order valence-electron chi connectivity index (χ2n) is 6.57. The molecule has 8 nitrogen and oxygen atoms in total. The molecular weight excluding hydrogens is 322 g/mol. The molecule has 2 heterocycles. The van der Waals surface area contributed by atoms with Gasteiger partial charge in [0.2, 0.25) is 5.91 Å². The maximum absolute atomic E-state index is 11.0. The molecule has 1 aliphatic rings. The molecule has 0 aromatic carbocycles. The van der Waals surface area contributed by atoms with Gasteiger partial charge in [0.15, 0.2) is 0 Å². The molecular formula is C17H29N5O3. The second kappa shape index (κ2) is 9.53. The fraction of sp³-hybridized carbons (Fsp3) is 0.706. The van der Waals surface area contributed by atoms with E-state index < -0.39 is 12.0 Å². The summed E-state index contributed by atoms with van der Waals surface area (Å²) in [5, 5.41) is 21.4. The number of carbonyl (C=O) groups excluding carboxylic acids is 1. The summed E-state index contributed by atoms with van der Waals surface area (Å²) in [6.45, 7) is 4.26. The van der Waals surface area contributed by atoms with Crippen molar-refractivity contribution in [2.75, 3.05) is 0 Å². The lowest BCUT2D eigenvalue weighted by molar-refractivity contribution is -0.114. The summed E-state index contributed by atoms with van der Waals surface area (Å²) in [5.74, 6) is -0.489. The van der Waals surface area contributed by atoms with Gasteiger partial charge in [-0.3, -0.25) is 4.79 Å². The molecule has 1 aromatic heterocycles. The Bertz CT molecular complexity index is 587. The first kappa shape index (κ1) is 19.4. The Morgan fingerprint density at radius 1 is 1.52 bits per heavy atom. The van der Waals surface area contributed by atoms with Crippen LogP contribution in [-0.4, -0.2) is 44.4 Å². The van der Waals surface area contributed by atoms with Crippen molar-refractivity contribution < 1.29 is 14.6 Å². The number of aromatic nitrogens is 3. The minimum atomic E-state index is -0.600. The van der Waals surface area contributed by atoms with E-state index in [0.717, 1.165) is 18.5 Å². The molecule has 2 rings (SSSR count). The Labute approximate surface area is 148 Å². The molecule has 0 radical (unpaired) electrons. The summed E-state index contributed by atoms with van der Waals surface area (Å²) in [7, 11) is 0. The van der Waals surface area contributed by atoms with Gasteiger partial charge in [-0.25, -0.2) is 4.68 Å². The van der Waals surface area contributed by atoms with Gasteiger partial charge in [-0.05, 0) is 19.8 Å². The van der Waals surface area contributed by atoms with Crippen LogP contribution in [-0.2, 0) is 22.5 Å². The quantitative estimate of drug-likeness (QED) is 0.425. The number of aliphatic hydroxyl groups excluding tert-OH is 1. The second-order valence-corrected chi connectivity index (χ2v) is 6.57. The summed E-state index contributed by atoms with van der Waals surface area (Å²) >= 11 is 0. The molecule has 1 aliphatic heterocycles. The number of hydrogen-bond donors (Lipinski definition) is 3. The molecule has 25 heavy (non-hydrogen) atoms. The molecule has 4 N–H and O–H groups in total. The number of rotatable bonds is 10. The van der Waals surface area contributed by atoms with Gasteiger partial charge in [-0.1, -0.05) is 31.4 Å². The number of unbranched alkanes of at least 4 members (excludes halogenated alkanes) is 3. The third kappa shape index (κ3) is 6.13. The predicted octanol–water partition coefficient (Wildman–Crippen LogP) is 0.856. The molecule has 3 atom stereocenters. The van der Waals surface area contributed by atoms with Gasteiger partial charge in [-0.15, -0.1) is 5.10 Å². The van der Waals surface area contributed by atoms with E-state index in [9.17, 15) is 9.90 Å². The largest absolute Gasteiger partial charge is 0.390 e. The molecule has 140 valence electrons. The van der Waals surface area contributed by atoms with E-state index in [0.29, 0.717) is 18.5 Å². The highest BCUT2D eigenvalue weighted by Gasteiger charge is 2.34. The normalized spacial score (nSPS) is 23.8. The van der Waals surface area contributed by atoms with E-state index in [1.165, 1.54) is 25.5 Å². The standard InChI is InChI=1S/C17H29N5O3/c1-3-4-5-6-7-13-10-22(21-20-13)11-15-14(23)8-16(25-15)19-9-12(2)17(18)24/h9-10,14-16,19,23H,3-8,11H2,1-2H3,(H2,18,24)/b12-9-. The zero-order valence-electron chi connectivity index (χ0n) is 15.0. The van der Waals surface area contributed by atoms with Crippen LogP contribution in [0.25, 0.3) is 0 Å². The Hall–Kier alpha value is -1.93. The average Bonchev–Trinajstić information content (AvgIpc) is 3.16. The summed E-state index contributed by atoms with van der Waals surface area (Å²) < 4.78 is 7.50. The van der Waals surface area contributed by atoms with E-state index >= 15 is 0 Å². The van der Waals surface area contributed by atoms with Crippen LogP contribution in [0.4, 0.5) is 0 Å². The Morgan fingerprint density at radius 3 is 3.04 bits per heavy atom. The van der Waals surface area contributed by atoms with E-state index in [2.05, 4.69) is 22.6 Å². The predicted molar refractivity (Wildman–Crippen MR) is 93.2 cm³/mol. The van der Waals surface area contributed by atoms with Crippen molar-refractivity contribution in [2.24, 2.45) is 5.73 Å². The number of aliphatic hydroxyl groups is 1. The van der Waals surface area contributed by atoms with Gasteiger partial charge in [-0.2, -0.15) is 0 Å². The number of nitrogens with two attached hydrogens (primary N) is 1. The number of hydrogen-bond acceptors (Lipinski definition) is 6. The van der Waals surface area contributed by atoms with Gasteiger partial charge in [0.05, 0.1) is 18.3 Å². The van der Waals surface area contributed by atoms with Crippen LogP contribution in [0.1, 0.15) is 51.6 Å². The molecule has 0 saturated carbocycles. The molecule has 3 unspecified atom stereocenters. The van der Waals surface area contributed by atoms with E-state index in [4.69, 9.17) is 10.5 Å². The van der Waals surface area contributed by atoms with Crippen LogP contribution < -0.4 is 11.1 Å². The summed E-state index contributed by atoms with van der Waals surface area (Å²) in [5.41, 5.74) is 6.55. The zero-order chi connectivity index (χ0) is 18.2. The first-order chi connectivity index (χ1) is 12.0. The zero-order valence-corrected chi connectivity index (χ0v) is 15.0. The van der Waals surface area contributed by atoms with E-state index in [-0.39, 0.29) is 12.3 Å². The highest BCUT2D eigenvalue weighted by molar-refractivity contribution is 5.91. The fourth-order valence-corrected chi connectivity index (χ4v) is 2.75. The smallest absolute Gasteiger partial charge is 0.245 e. The van der Waals surface area contributed by atoms with Crippen LogP contribution in [0.2, 0.25) is 0 Å². The molecule has 1 amide bonds. The van der Waals surface area contributed by atoms with Gasteiger partial charge in [0, 0.05) is 24.4 Å². The number of nitrogens with zero attached hydrogens (tertiary/aromatic N) is 3. The maximum Gasteiger partial charge on any atom is 0.245 e. The monoisotopic (exact) mass is 351 g/mol. The number of carbonyl (C=O) groups is 1. The number of amides is 1. The molecule has 0 spiro atoms. The highest BCUT2D eigenvalue weighted by Crippen LogP contribution is 2.20. The van der Waals surface area contributed by atoms with Gasteiger partial charge in [0.1, 0.15) is 12.3 Å². The summed E-state index contributed by atoms with van der Waals surface area (Å²) in [6, 6.07) is 0. The summed E-state index contributed by atoms with van der Waals surface area (Å²) in [4.78, 5) is 11.0. The third-order valence-electron chi connectivity index (χ3n) is 4.34. The third-order valence-corrected chi connectivity index (χ3v) is 4.34. The van der Waals surface area contributed by atoms with Crippen LogP contribution in [0, 0.1) is 0 Å². The van der Waals surface area contributed by atoms with Crippen molar-refractivity contribution in [1.82, 2.24) is 20.3 Å². The minimum absolute atomic E-state index is 0.355. The molecule has 0 aliphatic carbocycles. The SMILES string of the molecule is CCCCCCc1cn(CC2OC(N/C=C(/C)C(N)=O)CC2O)nn1. The Balaban J connectivity index is 1.79. The first-order valence-electron chi connectivity index (χ1n) is 8.94. The van der Waals surface area contributed by atoms with Crippen molar-refractivity contribution in [3.63, 3.8) is 0 Å². The van der Waals surface area contributed by atoms with Crippen LogP contribution in [0.3, 0.4) is 0 Å². The maximum atomic E-state index is 11.0. The van der Waals surface area contributed by atoms with E-state index in [1.54, 1.807) is 11.6 Å². The van der Waals surface area contributed by atoms with Crippen LogP contribution in [0.15, 0.2) is 18.0 Å². The minimum Gasteiger partial charge on any atom is -0.390 e. The molecule has 1 saturated heterocycles. The Morgan fingerprint density at radius 2 is 2.32 bits per heavy atom. The number of aryl methyl sites for hydroxylation is 1. The van der Waals surface area contributed by atoms with Crippen molar-refractivity contribution >= 4 is 5.91 Å². The van der Waals surface area contributed by atoms with Crippen molar-refractivity contribution in [1.29, 1.82) is 0 Å². The lowest BCUT2D eigenvalue weighted by atomic mass is 10.1. The van der Waals surface area contributed by atoms with Gasteiger partial charge < -0.3 is 20.9 Å². The topological polar surface area (TPSA) is 115 Å². The Kier molecular flexibility index (Phi) is 7.39. The number of ether oxygens (including phenoxy) is 1. The van der Waals surface area contributed by atoms with Gasteiger partial charge in [0.25, 0.3) is 0 Å². The summed E-state index contributed by atoms with van der Waals surface area (Å²) in [6.07, 6.45) is 8.26. The molecule has 1 aromatic rings. The van der Waals surface area contributed by atoms with Crippen LogP contribution in [0.5, 0.6) is 0 Å². The van der Waals surface area contributed by atoms with E-state index in [1.807, 2.05) is 6.20 Å². The van der Waals surface area contributed by atoms with Crippen molar-refractivity contribution in [3.05, 3.63) is 23.7 Å². The number of primary amides is 1. The molecule has 0 bridgehead atoms. The lowest BCUT2D eigenvalue weighted by Crippen LogP contribution is -2.28. The average molecular weight is 351 g/mol. The fourth-order valence-electron chi connectivity index (χ4n) is 2.75. The molecule has 1 fully saturated rings. The van der Waals surface area contributed by atoms with Crippen molar-refractivity contribution in [2.45, 2.75) is 77.4 Å². The lowest BCUT2D eigenvalue weighted by Gasteiger charge is -2.14. The van der Waals surface area contributed by atoms with Crippen LogP contribution >= 0.6 is 0 Å². The van der Waals surface area contributed by atoms with Crippen molar-refractivity contribution in [3.8, 4) is 0 Å². The molecule has 8 heteroatoms. The highest BCUT2D eigenvalue weighted by atomic mass is 16.5. The van der Waals surface area contributed by atoms with Gasteiger partial charge >= 0.3 is 0 Å².